The molecular formula is C14H22N4O4S. The third kappa shape index (κ3) is 5.56. The molecule has 0 aliphatic heterocycles. The van der Waals surface area contributed by atoms with Crippen LogP contribution in [0.5, 0.6) is 5.88 Å². The van der Waals surface area contributed by atoms with E-state index in [2.05, 4.69) is 16.5 Å². The maximum Gasteiger partial charge on any atom is 0.307 e. The first-order valence-electron chi connectivity index (χ1n) is 7.34. The van der Waals surface area contributed by atoms with Crippen molar-refractivity contribution in [3.63, 3.8) is 0 Å². The third-order valence-corrected chi connectivity index (χ3v) is 3.50. The Kier molecular flexibility index (Phi) is 6.15. The van der Waals surface area contributed by atoms with Gasteiger partial charge in [-0.05, 0) is 19.8 Å². The fourth-order valence-electron chi connectivity index (χ4n) is 2.07. The van der Waals surface area contributed by atoms with Crippen molar-refractivity contribution in [2.75, 3.05) is 6.26 Å². The fourth-order valence-corrected chi connectivity index (χ4v) is 2.48. The van der Waals surface area contributed by atoms with Crippen LogP contribution in [0.3, 0.4) is 0 Å². The molecule has 1 atom stereocenters. The maximum absolute atomic E-state index is 12.4. The lowest BCUT2D eigenvalue weighted by Gasteiger charge is -2.22. The van der Waals surface area contributed by atoms with E-state index in [-0.39, 0.29) is 11.4 Å². The van der Waals surface area contributed by atoms with Gasteiger partial charge >= 0.3 is 10.1 Å². The van der Waals surface area contributed by atoms with Gasteiger partial charge in [-0.1, -0.05) is 20.3 Å². The summed E-state index contributed by atoms with van der Waals surface area (Å²) in [7, 11) is -3.82. The zero-order valence-corrected chi connectivity index (χ0v) is 14.6. The second-order valence-electron chi connectivity index (χ2n) is 5.55. The van der Waals surface area contributed by atoms with Crippen LogP contribution in [0.15, 0.2) is 6.20 Å². The quantitative estimate of drug-likeness (QED) is 0.715. The number of amides is 1. The molecule has 1 N–H and O–H groups in total. The largest absolute Gasteiger partial charge is 0.359 e. The lowest BCUT2D eigenvalue weighted by atomic mass is 9.98. The maximum atomic E-state index is 12.4. The standard InChI is InChI=1S/C14H22N4O4S/c1-5-7-14(3,10-15)16-12(19)11-9-18(8-6-2)17-13(11)22-23(4,20)21/h9H,5-8H2,1-4H3,(H,16,19). The molecule has 0 radical (unpaired) electrons. The van der Waals surface area contributed by atoms with Crippen LogP contribution in [0.4, 0.5) is 0 Å². The van der Waals surface area contributed by atoms with E-state index in [0.717, 1.165) is 12.7 Å². The molecule has 0 saturated heterocycles. The van der Waals surface area contributed by atoms with Crippen LogP contribution in [-0.4, -0.2) is 35.9 Å². The van der Waals surface area contributed by atoms with Crippen molar-refractivity contribution in [3.8, 4) is 11.9 Å². The van der Waals surface area contributed by atoms with Gasteiger partial charge in [0.25, 0.3) is 11.8 Å². The molecule has 0 spiro atoms. The molecule has 1 amide bonds. The highest BCUT2D eigenvalue weighted by atomic mass is 32.2. The summed E-state index contributed by atoms with van der Waals surface area (Å²) in [5, 5.41) is 15.8. The van der Waals surface area contributed by atoms with Crippen molar-refractivity contribution in [3.05, 3.63) is 11.8 Å². The minimum atomic E-state index is -3.82. The highest BCUT2D eigenvalue weighted by Gasteiger charge is 2.29. The second kappa shape index (κ2) is 7.46. The van der Waals surface area contributed by atoms with E-state index in [4.69, 9.17) is 4.18 Å². The Labute approximate surface area is 136 Å². The second-order valence-corrected chi connectivity index (χ2v) is 7.12. The number of carbonyl (C=O) groups is 1. The number of carbonyl (C=O) groups excluding carboxylic acids is 1. The van der Waals surface area contributed by atoms with Gasteiger partial charge in [0.2, 0.25) is 0 Å². The summed E-state index contributed by atoms with van der Waals surface area (Å²) in [6.07, 6.45) is 4.24. The summed E-state index contributed by atoms with van der Waals surface area (Å²) in [6, 6.07) is 2.06. The van der Waals surface area contributed by atoms with Crippen molar-refractivity contribution in [2.45, 2.75) is 52.1 Å². The van der Waals surface area contributed by atoms with Crippen LogP contribution in [0.1, 0.15) is 50.4 Å². The van der Waals surface area contributed by atoms with Crippen LogP contribution < -0.4 is 9.50 Å². The highest BCUT2D eigenvalue weighted by molar-refractivity contribution is 7.86. The minimum Gasteiger partial charge on any atom is -0.359 e. The molecule has 0 bridgehead atoms. The lowest BCUT2D eigenvalue weighted by molar-refractivity contribution is 0.0920. The van der Waals surface area contributed by atoms with Gasteiger partial charge in [0.15, 0.2) is 0 Å². The Morgan fingerprint density at radius 2 is 2.13 bits per heavy atom. The van der Waals surface area contributed by atoms with Crippen molar-refractivity contribution < 1.29 is 17.4 Å². The number of nitriles is 1. The summed E-state index contributed by atoms with van der Waals surface area (Å²) in [5.41, 5.74) is -1.05. The summed E-state index contributed by atoms with van der Waals surface area (Å²) in [5.74, 6) is -0.876. The first kappa shape index (κ1) is 19.0. The van der Waals surface area contributed by atoms with E-state index in [9.17, 15) is 18.5 Å². The first-order valence-corrected chi connectivity index (χ1v) is 9.16. The van der Waals surface area contributed by atoms with E-state index < -0.39 is 21.6 Å². The molecule has 128 valence electrons. The summed E-state index contributed by atoms with van der Waals surface area (Å²) in [4.78, 5) is 12.4. The summed E-state index contributed by atoms with van der Waals surface area (Å²) < 4.78 is 28.9. The zero-order chi connectivity index (χ0) is 17.7. The first-order chi connectivity index (χ1) is 10.6. The molecule has 9 heteroatoms. The van der Waals surface area contributed by atoms with E-state index in [1.54, 1.807) is 6.92 Å². The van der Waals surface area contributed by atoms with Crippen LogP contribution in [0, 0.1) is 11.3 Å². The molecule has 0 fully saturated rings. The Bertz CT molecular complexity index is 705. The number of nitrogens with zero attached hydrogens (tertiary/aromatic N) is 3. The van der Waals surface area contributed by atoms with Gasteiger partial charge in [0.05, 0.1) is 12.3 Å². The van der Waals surface area contributed by atoms with Crippen molar-refractivity contribution in [2.24, 2.45) is 0 Å². The van der Waals surface area contributed by atoms with Gasteiger partial charge in [-0.25, -0.2) is 0 Å². The molecule has 0 aliphatic rings. The monoisotopic (exact) mass is 342 g/mol. The topological polar surface area (TPSA) is 114 Å². The van der Waals surface area contributed by atoms with Crippen LogP contribution in [-0.2, 0) is 16.7 Å². The average Bonchev–Trinajstić information content (AvgIpc) is 2.80. The fraction of sp³-hybridized carbons (Fsp3) is 0.643. The number of nitrogens with one attached hydrogen (secondary N) is 1. The molecular weight excluding hydrogens is 320 g/mol. The molecule has 1 aromatic rings. The molecule has 0 aliphatic carbocycles. The van der Waals surface area contributed by atoms with Crippen molar-refractivity contribution >= 4 is 16.0 Å². The van der Waals surface area contributed by atoms with E-state index in [1.165, 1.54) is 10.9 Å². The van der Waals surface area contributed by atoms with Gasteiger partial charge in [-0.3, -0.25) is 9.48 Å². The molecule has 0 aromatic carbocycles. The van der Waals surface area contributed by atoms with Crippen LogP contribution in [0.25, 0.3) is 0 Å². The van der Waals surface area contributed by atoms with Gasteiger partial charge in [-0.2, -0.15) is 13.7 Å². The van der Waals surface area contributed by atoms with E-state index >= 15 is 0 Å². The van der Waals surface area contributed by atoms with Crippen LogP contribution in [0.2, 0.25) is 0 Å². The number of hydrogen-bond donors (Lipinski definition) is 1. The predicted octanol–water partition coefficient (Wildman–Crippen LogP) is 1.44. The Morgan fingerprint density at radius 1 is 1.48 bits per heavy atom. The van der Waals surface area contributed by atoms with Gasteiger partial charge in [0.1, 0.15) is 11.1 Å². The number of rotatable bonds is 8. The number of aromatic nitrogens is 2. The Balaban J connectivity index is 3.14. The lowest BCUT2D eigenvalue weighted by Crippen LogP contribution is -2.44. The molecule has 1 unspecified atom stereocenters. The number of hydrogen-bond acceptors (Lipinski definition) is 6. The van der Waals surface area contributed by atoms with Gasteiger partial charge in [-0.15, -0.1) is 5.10 Å². The van der Waals surface area contributed by atoms with Crippen molar-refractivity contribution in [1.29, 1.82) is 5.26 Å². The molecule has 23 heavy (non-hydrogen) atoms. The molecule has 1 rings (SSSR count). The van der Waals surface area contributed by atoms with E-state index in [0.29, 0.717) is 19.4 Å². The van der Waals surface area contributed by atoms with Gasteiger partial charge < -0.3 is 9.50 Å². The zero-order valence-electron chi connectivity index (χ0n) is 13.8. The minimum absolute atomic E-state index is 0.0125. The predicted molar refractivity (Wildman–Crippen MR) is 84.4 cm³/mol. The molecule has 1 heterocycles. The van der Waals surface area contributed by atoms with Crippen LogP contribution >= 0.6 is 0 Å². The number of aryl methyl sites for hydroxylation is 1. The smallest absolute Gasteiger partial charge is 0.307 e. The van der Waals surface area contributed by atoms with Crippen molar-refractivity contribution in [1.82, 2.24) is 15.1 Å². The molecule has 0 saturated carbocycles. The Morgan fingerprint density at radius 3 is 2.61 bits per heavy atom. The summed E-state index contributed by atoms with van der Waals surface area (Å²) >= 11 is 0. The molecule has 1 aromatic heterocycles. The average molecular weight is 342 g/mol. The third-order valence-electron chi connectivity index (χ3n) is 3.04. The van der Waals surface area contributed by atoms with E-state index in [1.807, 2.05) is 13.8 Å². The Hall–Kier alpha value is -2.08. The normalized spacial score (nSPS) is 13.9. The SMILES string of the molecule is CCCn1cc(C(=O)NC(C)(C#N)CCC)c(OS(C)(=O)=O)n1. The van der Waals surface area contributed by atoms with Gasteiger partial charge in [0, 0.05) is 12.7 Å². The highest BCUT2D eigenvalue weighted by Crippen LogP contribution is 2.20. The molecule has 8 nitrogen and oxygen atoms in total. The summed E-state index contributed by atoms with van der Waals surface area (Å²) in [6.45, 7) is 5.95.